The van der Waals surface area contributed by atoms with Crippen molar-refractivity contribution in [2.75, 3.05) is 31.5 Å². The molecule has 1 aromatic carbocycles. The standard InChI is InChI=1S/C18H18F4N4S/c19-13-10-14(20)17(16(22)15(13)21)24-18(27)26-7-1-6-25(8-9-26)11-12-2-4-23-5-3-12/h2-5,10H,1,6-9,11H2,(H,24,27). The average Bonchev–Trinajstić information content (AvgIpc) is 2.90. The first-order valence-electron chi connectivity index (χ1n) is 8.46. The summed E-state index contributed by atoms with van der Waals surface area (Å²) in [4.78, 5) is 8.01. The van der Waals surface area contributed by atoms with Crippen molar-refractivity contribution in [2.45, 2.75) is 13.0 Å². The second-order valence-corrected chi connectivity index (χ2v) is 6.63. The fourth-order valence-corrected chi connectivity index (χ4v) is 3.23. The number of anilines is 1. The minimum atomic E-state index is -1.74. The van der Waals surface area contributed by atoms with Crippen LogP contribution in [-0.4, -0.2) is 46.1 Å². The molecule has 1 aliphatic rings. The summed E-state index contributed by atoms with van der Waals surface area (Å²) in [5.74, 6) is -6.17. The average molecular weight is 398 g/mol. The van der Waals surface area contributed by atoms with Gasteiger partial charge in [-0.05, 0) is 36.3 Å². The quantitative estimate of drug-likeness (QED) is 0.370. The summed E-state index contributed by atoms with van der Waals surface area (Å²) in [7, 11) is 0. The van der Waals surface area contributed by atoms with E-state index in [2.05, 4.69) is 15.2 Å². The Kier molecular flexibility index (Phi) is 6.22. The zero-order valence-corrected chi connectivity index (χ0v) is 15.2. The van der Waals surface area contributed by atoms with E-state index in [0.29, 0.717) is 25.7 Å². The number of rotatable bonds is 3. The molecular weight excluding hydrogens is 380 g/mol. The van der Waals surface area contributed by atoms with Crippen molar-refractivity contribution in [2.24, 2.45) is 0 Å². The molecule has 0 atom stereocenters. The summed E-state index contributed by atoms with van der Waals surface area (Å²) < 4.78 is 54.0. The lowest BCUT2D eigenvalue weighted by Crippen LogP contribution is -2.38. The molecule has 0 saturated carbocycles. The Bertz CT molecular complexity index is 819. The van der Waals surface area contributed by atoms with Crippen molar-refractivity contribution in [3.05, 3.63) is 59.4 Å². The van der Waals surface area contributed by atoms with Crippen LogP contribution in [0.2, 0.25) is 0 Å². The van der Waals surface area contributed by atoms with Gasteiger partial charge in [-0.1, -0.05) is 0 Å². The van der Waals surface area contributed by atoms with Crippen molar-refractivity contribution in [3.8, 4) is 0 Å². The second-order valence-electron chi connectivity index (χ2n) is 6.25. The Balaban J connectivity index is 1.62. The maximum Gasteiger partial charge on any atom is 0.196 e. The molecule has 0 aliphatic carbocycles. The van der Waals surface area contributed by atoms with Crippen LogP contribution < -0.4 is 5.32 Å². The summed E-state index contributed by atoms with van der Waals surface area (Å²) in [6, 6.07) is 4.19. The van der Waals surface area contributed by atoms with E-state index in [1.807, 2.05) is 12.1 Å². The van der Waals surface area contributed by atoms with E-state index in [4.69, 9.17) is 12.2 Å². The Morgan fingerprint density at radius 1 is 1.00 bits per heavy atom. The molecule has 1 aliphatic heterocycles. The zero-order valence-electron chi connectivity index (χ0n) is 14.4. The lowest BCUT2D eigenvalue weighted by atomic mass is 10.2. The number of nitrogens with zero attached hydrogens (tertiary/aromatic N) is 3. The van der Waals surface area contributed by atoms with Crippen LogP contribution in [0.25, 0.3) is 0 Å². The Morgan fingerprint density at radius 2 is 1.74 bits per heavy atom. The molecule has 0 bridgehead atoms. The normalized spacial score (nSPS) is 15.5. The van der Waals surface area contributed by atoms with Crippen LogP contribution in [0.1, 0.15) is 12.0 Å². The lowest BCUT2D eigenvalue weighted by Gasteiger charge is -2.25. The van der Waals surface area contributed by atoms with Crippen LogP contribution in [0.4, 0.5) is 23.2 Å². The van der Waals surface area contributed by atoms with E-state index in [0.717, 1.165) is 25.1 Å². The van der Waals surface area contributed by atoms with Gasteiger partial charge in [-0.25, -0.2) is 17.6 Å². The molecule has 1 saturated heterocycles. The van der Waals surface area contributed by atoms with E-state index >= 15 is 0 Å². The van der Waals surface area contributed by atoms with E-state index in [1.165, 1.54) is 0 Å². The van der Waals surface area contributed by atoms with Gasteiger partial charge in [0.1, 0.15) is 5.69 Å². The van der Waals surface area contributed by atoms with Gasteiger partial charge >= 0.3 is 0 Å². The molecule has 0 spiro atoms. The fourth-order valence-electron chi connectivity index (χ4n) is 2.95. The first-order valence-corrected chi connectivity index (χ1v) is 8.86. The van der Waals surface area contributed by atoms with E-state index in [1.54, 1.807) is 17.3 Å². The van der Waals surface area contributed by atoms with Gasteiger partial charge in [-0.15, -0.1) is 0 Å². The Morgan fingerprint density at radius 3 is 2.48 bits per heavy atom. The number of hydrogen-bond acceptors (Lipinski definition) is 3. The topological polar surface area (TPSA) is 31.4 Å². The van der Waals surface area contributed by atoms with E-state index in [-0.39, 0.29) is 5.11 Å². The Labute approximate surface area is 159 Å². The first-order chi connectivity index (χ1) is 13.0. The van der Waals surface area contributed by atoms with Gasteiger partial charge in [0.05, 0.1) is 0 Å². The van der Waals surface area contributed by atoms with Crippen LogP contribution in [0.5, 0.6) is 0 Å². The van der Waals surface area contributed by atoms with Crippen molar-refractivity contribution in [1.29, 1.82) is 0 Å². The summed E-state index contributed by atoms with van der Waals surface area (Å²) in [6.07, 6.45) is 4.28. The van der Waals surface area contributed by atoms with Gasteiger partial charge < -0.3 is 10.2 Å². The van der Waals surface area contributed by atoms with Gasteiger partial charge in [0.2, 0.25) is 0 Å². The molecule has 4 nitrogen and oxygen atoms in total. The highest BCUT2D eigenvalue weighted by Gasteiger charge is 2.22. The summed E-state index contributed by atoms with van der Waals surface area (Å²) in [5.41, 5.74) is 0.363. The number of hydrogen-bond donors (Lipinski definition) is 1. The van der Waals surface area contributed by atoms with E-state index < -0.39 is 29.0 Å². The third-order valence-electron chi connectivity index (χ3n) is 4.38. The third kappa shape index (κ3) is 4.72. The van der Waals surface area contributed by atoms with Crippen molar-refractivity contribution in [1.82, 2.24) is 14.8 Å². The highest BCUT2D eigenvalue weighted by atomic mass is 32.1. The molecule has 0 amide bonds. The number of pyridine rings is 1. The molecule has 2 heterocycles. The van der Waals surface area contributed by atoms with Crippen LogP contribution >= 0.6 is 12.2 Å². The molecule has 2 aromatic rings. The molecule has 1 fully saturated rings. The molecule has 1 aromatic heterocycles. The lowest BCUT2D eigenvalue weighted by molar-refractivity contribution is 0.278. The Hall–Kier alpha value is -2.26. The fraction of sp³-hybridized carbons (Fsp3) is 0.333. The second kappa shape index (κ2) is 8.62. The summed E-state index contributed by atoms with van der Waals surface area (Å²) in [5, 5.41) is 2.46. The van der Waals surface area contributed by atoms with Crippen LogP contribution in [0, 0.1) is 23.3 Å². The molecule has 0 radical (unpaired) electrons. The summed E-state index contributed by atoms with van der Waals surface area (Å²) in [6.45, 7) is 3.45. The zero-order chi connectivity index (χ0) is 19.4. The first kappa shape index (κ1) is 19.5. The van der Waals surface area contributed by atoms with Gasteiger partial charge in [-0.2, -0.15) is 0 Å². The highest BCUT2D eigenvalue weighted by Crippen LogP contribution is 2.24. The molecule has 27 heavy (non-hydrogen) atoms. The predicted molar refractivity (Wildman–Crippen MR) is 98.2 cm³/mol. The molecule has 144 valence electrons. The SMILES string of the molecule is Fc1cc(F)c(NC(=S)N2CCCN(Cc3ccncc3)CC2)c(F)c1F. The van der Waals surface area contributed by atoms with Gasteiger partial charge in [0.15, 0.2) is 28.4 Å². The molecule has 3 rings (SSSR count). The third-order valence-corrected chi connectivity index (χ3v) is 4.74. The molecule has 9 heteroatoms. The minimum absolute atomic E-state index is 0.0737. The molecule has 1 N–H and O–H groups in total. The smallest absolute Gasteiger partial charge is 0.196 e. The van der Waals surface area contributed by atoms with E-state index in [9.17, 15) is 17.6 Å². The molecule has 0 unspecified atom stereocenters. The van der Waals surface area contributed by atoms with Gasteiger partial charge in [-0.3, -0.25) is 9.88 Å². The predicted octanol–water partition coefficient (Wildman–Crippen LogP) is 3.54. The van der Waals surface area contributed by atoms with Gasteiger partial charge in [0, 0.05) is 51.2 Å². The number of thiocarbonyl (C=S) groups is 1. The number of halogens is 4. The monoisotopic (exact) mass is 398 g/mol. The van der Waals surface area contributed by atoms with Gasteiger partial charge in [0.25, 0.3) is 0 Å². The minimum Gasteiger partial charge on any atom is -0.348 e. The van der Waals surface area contributed by atoms with Crippen LogP contribution in [-0.2, 0) is 6.54 Å². The summed E-state index contributed by atoms with van der Waals surface area (Å²) >= 11 is 5.22. The number of nitrogens with one attached hydrogen (secondary N) is 1. The van der Waals surface area contributed by atoms with Crippen molar-refractivity contribution >= 4 is 23.0 Å². The highest BCUT2D eigenvalue weighted by molar-refractivity contribution is 7.80. The number of benzene rings is 1. The maximum absolute atomic E-state index is 13.8. The number of aromatic nitrogens is 1. The van der Waals surface area contributed by atoms with Crippen LogP contribution in [0.3, 0.4) is 0 Å². The largest absolute Gasteiger partial charge is 0.348 e. The maximum atomic E-state index is 13.8. The molecular formula is C18H18F4N4S. The van der Waals surface area contributed by atoms with Crippen molar-refractivity contribution < 1.29 is 17.6 Å². The van der Waals surface area contributed by atoms with Crippen molar-refractivity contribution in [3.63, 3.8) is 0 Å². The van der Waals surface area contributed by atoms with Crippen LogP contribution in [0.15, 0.2) is 30.6 Å².